The van der Waals surface area contributed by atoms with Crippen molar-refractivity contribution in [3.8, 4) is 0 Å². The zero-order chi connectivity index (χ0) is 13.6. The average molecular weight is 283 g/mol. The number of nitrogens with two attached hydrogens (primary N) is 1. The van der Waals surface area contributed by atoms with Crippen LogP contribution in [0, 0.1) is 4.64 Å². The van der Waals surface area contributed by atoms with Crippen LogP contribution in [0.15, 0.2) is 6.20 Å². The minimum Gasteiger partial charge on any atom is -0.394 e. The van der Waals surface area contributed by atoms with Crippen LogP contribution in [0.3, 0.4) is 0 Å². The summed E-state index contributed by atoms with van der Waals surface area (Å²) in [6.45, 7) is -0.231. The van der Waals surface area contributed by atoms with Crippen molar-refractivity contribution < 1.29 is 14.9 Å². The van der Waals surface area contributed by atoms with Gasteiger partial charge >= 0.3 is 0 Å². The van der Waals surface area contributed by atoms with E-state index in [1.807, 2.05) is 0 Å². The Kier molecular flexibility index (Phi) is 2.97. The fraction of sp³-hybridized carbons (Fsp3) is 0.500. The van der Waals surface area contributed by atoms with E-state index in [1.165, 1.54) is 0 Å². The number of fused-ring (bicyclic) bond motifs is 1. The van der Waals surface area contributed by atoms with E-state index < -0.39 is 18.4 Å². The Bertz CT molecular complexity index is 669. The molecule has 0 unspecified atom stereocenters. The van der Waals surface area contributed by atoms with Gasteiger partial charge in [0.1, 0.15) is 10.7 Å². The lowest BCUT2D eigenvalue weighted by molar-refractivity contribution is -0.0482. The lowest BCUT2D eigenvalue weighted by Crippen LogP contribution is -2.24. The van der Waals surface area contributed by atoms with Gasteiger partial charge in [-0.2, -0.15) is 5.10 Å². The Hall–Kier alpha value is -1.55. The molecule has 0 bridgehead atoms. The lowest BCUT2D eigenvalue weighted by Gasteiger charge is -2.11. The summed E-state index contributed by atoms with van der Waals surface area (Å²) in [6.07, 6.45) is 0.306. The second-order valence-corrected chi connectivity index (χ2v) is 4.80. The summed E-state index contributed by atoms with van der Waals surface area (Å²) in [6, 6.07) is 0. The first-order chi connectivity index (χ1) is 9.08. The van der Waals surface area contributed by atoms with E-state index in [9.17, 15) is 5.11 Å². The highest BCUT2D eigenvalue weighted by atomic mass is 32.1. The number of anilines is 1. The van der Waals surface area contributed by atoms with Gasteiger partial charge in [0.25, 0.3) is 0 Å². The van der Waals surface area contributed by atoms with Crippen LogP contribution in [0.5, 0.6) is 0 Å². The number of nitrogens with one attached hydrogen (secondary N) is 1. The van der Waals surface area contributed by atoms with E-state index >= 15 is 0 Å². The highest BCUT2D eigenvalue weighted by Crippen LogP contribution is 2.29. The fourth-order valence-corrected chi connectivity index (χ4v) is 2.40. The van der Waals surface area contributed by atoms with Crippen molar-refractivity contribution in [2.75, 3.05) is 12.3 Å². The SMILES string of the molecule is Nc1nc(=S)c2cn([C@H]3C[C@H](O)[C@@H](CO)O3)nc2[nH]1. The molecule has 0 amide bonds. The lowest BCUT2D eigenvalue weighted by atomic mass is 10.2. The number of hydrogen-bond donors (Lipinski definition) is 4. The number of aliphatic hydroxyl groups is 2. The Balaban J connectivity index is 1.99. The first-order valence-corrected chi connectivity index (χ1v) is 6.18. The van der Waals surface area contributed by atoms with Crippen LogP contribution in [-0.2, 0) is 4.74 Å². The molecule has 2 aromatic rings. The van der Waals surface area contributed by atoms with E-state index in [0.717, 1.165) is 0 Å². The Labute approximate surface area is 112 Å². The summed E-state index contributed by atoms with van der Waals surface area (Å²) in [5.74, 6) is 0.198. The molecule has 0 radical (unpaired) electrons. The van der Waals surface area contributed by atoms with Gasteiger partial charge in [-0.3, -0.25) is 0 Å². The molecule has 1 fully saturated rings. The summed E-state index contributed by atoms with van der Waals surface area (Å²) in [5, 5.41) is 23.7. The third-order valence-corrected chi connectivity index (χ3v) is 3.42. The predicted molar refractivity (Wildman–Crippen MR) is 68.7 cm³/mol. The number of nitrogens with zero attached hydrogens (tertiary/aromatic N) is 3. The van der Waals surface area contributed by atoms with Gasteiger partial charge in [0.2, 0.25) is 0 Å². The molecular formula is C10H13N5O3S. The second-order valence-electron chi connectivity index (χ2n) is 4.41. The predicted octanol–water partition coefficient (Wildman–Crippen LogP) is -0.288. The van der Waals surface area contributed by atoms with Crippen LogP contribution in [-0.4, -0.2) is 48.8 Å². The number of nitrogen functional groups attached to an aromatic ring is 1. The zero-order valence-corrected chi connectivity index (χ0v) is 10.7. The molecule has 19 heavy (non-hydrogen) atoms. The number of ether oxygens (including phenoxy) is 1. The van der Waals surface area contributed by atoms with Gasteiger partial charge in [0.05, 0.1) is 18.1 Å². The van der Waals surface area contributed by atoms with Gasteiger partial charge in [0, 0.05) is 12.6 Å². The Morgan fingerprint density at radius 2 is 2.42 bits per heavy atom. The first kappa shape index (κ1) is 12.5. The normalized spacial score (nSPS) is 27.2. The highest BCUT2D eigenvalue weighted by molar-refractivity contribution is 7.71. The van der Waals surface area contributed by atoms with Gasteiger partial charge in [-0.05, 0) is 0 Å². The molecule has 102 valence electrons. The van der Waals surface area contributed by atoms with E-state index in [0.29, 0.717) is 22.1 Å². The van der Waals surface area contributed by atoms with E-state index in [4.69, 9.17) is 27.8 Å². The van der Waals surface area contributed by atoms with Crippen LogP contribution < -0.4 is 5.73 Å². The third-order valence-electron chi connectivity index (χ3n) is 3.11. The summed E-state index contributed by atoms with van der Waals surface area (Å²) in [7, 11) is 0. The molecule has 1 saturated heterocycles. The van der Waals surface area contributed by atoms with Gasteiger partial charge in [-0.1, -0.05) is 12.2 Å². The molecule has 3 heterocycles. The van der Waals surface area contributed by atoms with Gasteiger partial charge in [0.15, 0.2) is 17.8 Å². The summed E-state index contributed by atoms with van der Waals surface area (Å²) in [4.78, 5) is 6.75. The molecule has 5 N–H and O–H groups in total. The highest BCUT2D eigenvalue weighted by Gasteiger charge is 2.35. The third kappa shape index (κ3) is 2.10. The molecule has 2 aromatic heterocycles. The summed E-state index contributed by atoms with van der Waals surface area (Å²) < 4.78 is 7.42. The molecule has 9 heteroatoms. The van der Waals surface area contributed by atoms with Gasteiger partial charge in [-0.25, -0.2) is 9.67 Å². The maximum absolute atomic E-state index is 9.71. The molecule has 0 aliphatic carbocycles. The van der Waals surface area contributed by atoms with Gasteiger partial charge in [-0.15, -0.1) is 0 Å². The van der Waals surface area contributed by atoms with Crippen molar-refractivity contribution in [2.24, 2.45) is 0 Å². The molecular weight excluding hydrogens is 270 g/mol. The van der Waals surface area contributed by atoms with Crippen LogP contribution in [0.4, 0.5) is 5.95 Å². The van der Waals surface area contributed by atoms with E-state index in [-0.39, 0.29) is 12.6 Å². The van der Waals surface area contributed by atoms with Crippen LogP contribution >= 0.6 is 12.2 Å². The Morgan fingerprint density at radius 1 is 1.63 bits per heavy atom. The minimum atomic E-state index is -0.711. The molecule has 3 rings (SSSR count). The van der Waals surface area contributed by atoms with Crippen molar-refractivity contribution in [3.63, 3.8) is 0 Å². The van der Waals surface area contributed by atoms with Crippen molar-refractivity contribution in [1.29, 1.82) is 0 Å². The quantitative estimate of drug-likeness (QED) is 0.559. The first-order valence-electron chi connectivity index (χ1n) is 5.77. The number of hydrogen-bond acceptors (Lipinski definition) is 7. The standard InChI is InChI=1S/C10H13N5O3S/c11-10-12-8-4(9(19)13-10)2-15(14-8)7-1-5(17)6(3-16)18-7/h2,5-7,16-17H,1,3H2,(H3,11,12,13,14,19)/t5-,6+,7+/m0/s1. The zero-order valence-electron chi connectivity index (χ0n) is 9.85. The number of aromatic nitrogens is 4. The molecule has 3 atom stereocenters. The Morgan fingerprint density at radius 3 is 3.11 bits per heavy atom. The smallest absolute Gasteiger partial charge is 0.200 e. The summed E-state index contributed by atoms with van der Waals surface area (Å²) >= 11 is 5.10. The van der Waals surface area contributed by atoms with Crippen molar-refractivity contribution >= 4 is 29.2 Å². The van der Waals surface area contributed by atoms with E-state index in [2.05, 4.69) is 15.1 Å². The van der Waals surface area contributed by atoms with Crippen molar-refractivity contribution in [1.82, 2.24) is 19.7 Å². The topological polar surface area (TPSA) is 122 Å². The second kappa shape index (κ2) is 4.53. The number of rotatable bonds is 2. The summed E-state index contributed by atoms with van der Waals surface area (Å²) in [5.41, 5.74) is 6.08. The fourth-order valence-electron chi connectivity index (χ4n) is 2.15. The van der Waals surface area contributed by atoms with Crippen molar-refractivity contribution in [3.05, 3.63) is 10.8 Å². The molecule has 0 saturated carbocycles. The maximum Gasteiger partial charge on any atom is 0.200 e. The molecule has 8 nitrogen and oxygen atoms in total. The van der Waals surface area contributed by atoms with Crippen LogP contribution in [0.25, 0.3) is 11.0 Å². The van der Waals surface area contributed by atoms with Gasteiger partial charge < -0.3 is 25.7 Å². The van der Waals surface area contributed by atoms with E-state index in [1.54, 1.807) is 10.9 Å². The largest absolute Gasteiger partial charge is 0.394 e. The molecule has 0 aromatic carbocycles. The van der Waals surface area contributed by atoms with Crippen molar-refractivity contribution in [2.45, 2.75) is 24.9 Å². The average Bonchev–Trinajstić information content (AvgIpc) is 2.92. The maximum atomic E-state index is 9.71. The molecule has 0 spiro atoms. The molecule has 1 aliphatic rings. The van der Waals surface area contributed by atoms with Crippen LogP contribution in [0.1, 0.15) is 12.6 Å². The number of aliphatic hydroxyl groups excluding tert-OH is 2. The molecule has 1 aliphatic heterocycles. The number of H-pyrrole nitrogens is 1. The minimum absolute atomic E-state index is 0.198. The monoisotopic (exact) mass is 283 g/mol. The van der Waals surface area contributed by atoms with Crippen LogP contribution in [0.2, 0.25) is 0 Å². The number of aromatic amines is 1.